The molecule has 0 saturated carbocycles. The molecule has 1 unspecified atom stereocenters. The van der Waals surface area contributed by atoms with Crippen LogP contribution in [0.4, 0.5) is 4.39 Å². The van der Waals surface area contributed by atoms with Crippen molar-refractivity contribution in [3.63, 3.8) is 0 Å². The van der Waals surface area contributed by atoms with Crippen LogP contribution in [0.2, 0.25) is 0 Å². The number of carbonyl (C=O) groups is 1. The van der Waals surface area contributed by atoms with Gasteiger partial charge in [0.25, 0.3) is 0 Å². The summed E-state index contributed by atoms with van der Waals surface area (Å²) in [5, 5.41) is 0. The van der Waals surface area contributed by atoms with Gasteiger partial charge in [0.15, 0.2) is 5.78 Å². The van der Waals surface area contributed by atoms with Gasteiger partial charge in [-0.1, -0.05) is 6.08 Å². The molecule has 0 fully saturated rings. The van der Waals surface area contributed by atoms with E-state index in [4.69, 9.17) is 18.6 Å². The summed E-state index contributed by atoms with van der Waals surface area (Å²) in [5.41, 5.74) is 1.63. The molecule has 1 N–H and O–H groups in total. The molecule has 0 saturated heterocycles. The van der Waals surface area contributed by atoms with E-state index in [1.54, 1.807) is 0 Å². The monoisotopic (exact) mass is 370 g/mol. The summed E-state index contributed by atoms with van der Waals surface area (Å²) in [5.74, 6) is 0.424. The van der Waals surface area contributed by atoms with Crippen molar-refractivity contribution in [2.24, 2.45) is 10.9 Å². The molecule has 0 aromatic heterocycles. The minimum atomic E-state index is -4.69. The first-order valence-corrected chi connectivity index (χ1v) is 8.51. The van der Waals surface area contributed by atoms with E-state index < -0.39 is 10.2 Å². The van der Waals surface area contributed by atoms with Crippen molar-refractivity contribution in [3.05, 3.63) is 59.6 Å². The smallest absolute Gasteiger partial charge is 0.169 e. The molecular weight excluding hydrogens is 355 g/mol. The Labute approximate surface area is 145 Å². The van der Waals surface area contributed by atoms with E-state index in [-0.39, 0.29) is 17.5 Å². The number of allylic oxidation sites excluding steroid dienone is 3. The molecule has 0 spiro atoms. The third-order valence-electron chi connectivity index (χ3n) is 3.66. The van der Waals surface area contributed by atoms with Gasteiger partial charge in [0.05, 0.1) is 27.4 Å². The SMILES string of the molecule is CC1=CC=CC2=NCC(C(=O)c3ccc(F)cc3)CN12.[O-][Cl+3]([O-])([O-])O. The van der Waals surface area contributed by atoms with E-state index in [0.29, 0.717) is 18.7 Å². The van der Waals surface area contributed by atoms with Gasteiger partial charge in [0.1, 0.15) is 11.7 Å². The molecule has 9 heteroatoms. The Bertz CT molecular complexity index is 719. The van der Waals surface area contributed by atoms with Crippen molar-refractivity contribution >= 4 is 11.6 Å². The molecule has 1 atom stereocenters. The normalized spacial score (nSPS) is 19.3. The maximum absolute atomic E-state index is 12.9. The Kier molecular flexibility index (Phi) is 6.04. The standard InChI is InChI=1S/C16H15FN2O.ClHO4/c1-11-3-2-4-15-18-9-13(10-19(11)15)16(20)12-5-7-14(17)8-6-12;2-1(3,4)5/h2-8,13H,9-10H2,1H3;(H,2,3,4,5). The van der Waals surface area contributed by atoms with E-state index in [0.717, 1.165) is 11.5 Å². The number of benzene rings is 1. The number of nitrogens with zero attached hydrogens (tertiary/aromatic N) is 2. The van der Waals surface area contributed by atoms with Crippen LogP contribution in [-0.2, 0) is 0 Å². The van der Waals surface area contributed by atoms with E-state index in [1.165, 1.54) is 24.3 Å². The van der Waals surface area contributed by atoms with Crippen molar-refractivity contribution in [1.82, 2.24) is 4.90 Å². The predicted octanol–water partition coefficient (Wildman–Crippen LogP) is -1.31. The number of fused-ring (bicyclic) bond motifs is 1. The molecule has 7 nitrogen and oxygen atoms in total. The lowest BCUT2D eigenvalue weighted by molar-refractivity contribution is -1.92. The van der Waals surface area contributed by atoms with Crippen molar-refractivity contribution in [2.75, 3.05) is 13.1 Å². The van der Waals surface area contributed by atoms with Gasteiger partial charge in [0, 0.05) is 17.8 Å². The fourth-order valence-electron chi connectivity index (χ4n) is 2.51. The fraction of sp³-hybridized carbons (Fsp3) is 0.250. The van der Waals surface area contributed by atoms with Crippen molar-refractivity contribution in [1.29, 1.82) is 0 Å². The molecule has 2 heterocycles. The molecule has 25 heavy (non-hydrogen) atoms. The van der Waals surface area contributed by atoms with Gasteiger partial charge in [-0.05, 0) is 43.3 Å². The summed E-state index contributed by atoms with van der Waals surface area (Å²) in [6.45, 7) is 3.12. The molecule has 2 aliphatic rings. The summed E-state index contributed by atoms with van der Waals surface area (Å²) in [6.07, 6.45) is 5.92. The molecule has 0 radical (unpaired) electrons. The highest BCUT2D eigenvalue weighted by Gasteiger charge is 2.29. The second-order valence-electron chi connectivity index (χ2n) is 5.44. The van der Waals surface area contributed by atoms with E-state index in [2.05, 4.69) is 9.89 Å². The molecule has 134 valence electrons. The van der Waals surface area contributed by atoms with E-state index in [9.17, 15) is 9.18 Å². The fourth-order valence-corrected chi connectivity index (χ4v) is 2.51. The molecule has 0 amide bonds. The number of hydrogen-bond acceptors (Lipinski definition) is 7. The third kappa shape index (κ3) is 5.73. The molecule has 1 aromatic carbocycles. The molecular formula is C16H16ClFN2O5. The zero-order chi connectivity index (χ0) is 18.6. The van der Waals surface area contributed by atoms with Crippen molar-refractivity contribution in [2.45, 2.75) is 6.92 Å². The van der Waals surface area contributed by atoms with Crippen LogP contribution in [0.5, 0.6) is 0 Å². The van der Waals surface area contributed by atoms with Crippen LogP contribution in [0.1, 0.15) is 17.3 Å². The van der Waals surface area contributed by atoms with Crippen LogP contribution in [0.25, 0.3) is 0 Å². The van der Waals surface area contributed by atoms with Crippen LogP contribution >= 0.6 is 0 Å². The van der Waals surface area contributed by atoms with Gasteiger partial charge < -0.3 is 4.90 Å². The van der Waals surface area contributed by atoms with Gasteiger partial charge in [-0.25, -0.2) is 4.39 Å². The Morgan fingerprint density at radius 3 is 2.52 bits per heavy atom. The molecule has 2 aliphatic heterocycles. The topological polar surface area (TPSA) is 122 Å². The minimum absolute atomic E-state index is 0.0233. The zero-order valence-electron chi connectivity index (χ0n) is 13.3. The number of aliphatic imine (C=N–C) groups is 1. The van der Waals surface area contributed by atoms with E-state index >= 15 is 0 Å². The lowest BCUT2D eigenvalue weighted by Crippen LogP contribution is -2.58. The lowest BCUT2D eigenvalue weighted by Gasteiger charge is -2.34. The number of Topliss-reactive ketones (excluding diaryl/α,β-unsaturated/α-hetero) is 1. The summed E-state index contributed by atoms with van der Waals surface area (Å²) in [4.78, 5) is 19.0. The maximum atomic E-state index is 12.9. The lowest BCUT2D eigenvalue weighted by atomic mass is 9.95. The van der Waals surface area contributed by atoms with Gasteiger partial charge in [-0.3, -0.25) is 9.79 Å². The second-order valence-corrected chi connectivity index (χ2v) is 6.23. The summed E-state index contributed by atoms with van der Waals surface area (Å²) < 4.78 is 45.6. The quantitative estimate of drug-likeness (QED) is 0.645. The van der Waals surface area contributed by atoms with Crippen LogP contribution in [-0.4, -0.2) is 34.3 Å². The summed E-state index contributed by atoms with van der Waals surface area (Å²) in [6, 6.07) is 5.71. The number of hydrogen-bond donors (Lipinski definition) is 1. The Balaban J connectivity index is 0.000000399. The Morgan fingerprint density at radius 2 is 1.92 bits per heavy atom. The highest BCUT2D eigenvalue weighted by atomic mass is 35.7. The average Bonchev–Trinajstić information content (AvgIpc) is 2.53. The van der Waals surface area contributed by atoms with Crippen LogP contribution in [0.15, 0.2) is 53.2 Å². The number of amidine groups is 1. The highest BCUT2D eigenvalue weighted by Crippen LogP contribution is 2.21. The van der Waals surface area contributed by atoms with E-state index in [1.807, 2.05) is 25.2 Å². The first-order valence-electron chi connectivity index (χ1n) is 7.25. The largest absolute Gasteiger partial charge is 0.330 e. The van der Waals surface area contributed by atoms with Gasteiger partial charge in [-0.2, -0.15) is 14.0 Å². The first-order chi connectivity index (χ1) is 11.6. The summed E-state index contributed by atoms with van der Waals surface area (Å²) in [7, 11) is -4.69. The van der Waals surface area contributed by atoms with Crippen molar-refractivity contribution in [3.8, 4) is 0 Å². The highest BCUT2D eigenvalue weighted by molar-refractivity contribution is 6.01. The Hall–Kier alpha value is -2.10. The van der Waals surface area contributed by atoms with Crippen LogP contribution < -0.4 is 14.0 Å². The molecule has 0 aliphatic carbocycles. The van der Waals surface area contributed by atoms with Crippen LogP contribution in [0, 0.1) is 22.0 Å². The number of halogens is 2. The van der Waals surface area contributed by atoms with Gasteiger partial charge in [0.2, 0.25) is 0 Å². The Morgan fingerprint density at radius 1 is 1.32 bits per heavy atom. The summed E-state index contributed by atoms with van der Waals surface area (Å²) >= 11 is 0. The zero-order valence-corrected chi connectivity index (χ0v) is 14.0. The molecule has 0 bridgehead atoms. The third-order valence-corrected chi connectivity index (χ3v) is 3.66. The average molecular weight is 371 g/mol. The predicted molar refractivity (Wildman–Crippen MR) is 78.3 cm³/mol. The van der Waals surface area contributed by atoms with Crippen molar-refractivity contribution < 1.29 is 38.1 Å². The molecule has 1 aromatic rings. The minimum Gasteiger partial charge on any atom is -0.330 e. The molecule has 3 rings (SSSR count). The number of carbonyl (C=O) groups excluding carboxylic acids is 1. The second kappa shape index (κ2) is 7.85. The van der Waals surface area contributed by atoms with Gasteiger partial charge in [-0.15, -0.1) is 0 Å². The number of ketones is 1. The van der Waals surface area contributed by atoms with Crippen LogP contribution in [0.3, 0.4) is 0 Å². The maximum Gasteiger partial charge on any atom is 0.169 e. The first kappa shape index (κ1) is 19.2. The van der Waals surface area contributed by atoms with Gasteiger partial charge >= 0.3 is 0 Å². The number of rotatable bonds is 2.